The van der Waals surface area contributed by atoms with Crippen molar-refractivity contribution < 1.29 is 9.21 Å². The molecule has 1 aromatic carbocycles. The SMILES string of the molecule is Cc1occc1C(=O)NC1CCN(C(C)c2ccc(Br)cc2)CC1. The molecular formula is C19H23BrN2O2. The highest BCUT2D eigenvalue weighted by atomic mass is 79.9. The molecule has 4 nitrogen and oxygen atoms in total. The third-order valence-electron chi connectivity index (χ3n) is 4.87. The third kappa shape index (κ3) is 3.90. The van der Waals surface area contributed by atoms with E-state index in [0.717, 1.165) is 30.4 Å². The summed E-state index contributed by atoms with van der Waals surface area (Å²) in [5, 5.41) is 3.14. The van der Waals surface area contributed by atoms with Gasteiger partial charge in [-0.3, -0.25) is 9.69 Å². The molecule has 24 heavy (non-hydrogen) atoms. The van der Waals surface area contributed by atoms with Crippen LogP contribution in [0.25, 0.3) is 0 Å². The van der Waals surface area contributed by atoms with E-state index in [-0.39, 0.29) is 11.9 Å². The van der Waals surface area contributed by atoms with Crippen LogP contribution in [0.3, 0.4) is 0 Å². The molecule has 3 rings (SSSR count). The Hall–Kier alpha value is -1.59. The monoisotopic (exact) mass is 390 g/mol. The number of carbonyl (C=O) groups excluding carboxylic acids is 1. The Kier molecular flexibility index (Phi) is 5.41. The topological polar surface area (TPSA) is 45.5 Å². The molecular weight excluding hydrogens is 368 g/mol. The molecule has 0 aliphatic carbocycles. The molecule has 1 fully saturated rings. The van der Waals surface area contributed by atoms with Gasteiger partial charge in [0.2, 0.25) is 0 Å². The maximum absolute atomic E-state index is 12.3. The van der Waals surface area contributed by atoms with Gasteiger partial charge in [0.25, 0.3) is 5.91 Å². The zero-order valence-electron chi connectivity index (χ0n) is 14.1. The minimum absolute atomic E-state index is 0.0272. The molecule has 1 aliphatic heterocycles. The summed E-state index contributed by atoms with van der Waals surface area (Å²) >= 11 is 3.48. The quantitative estimate of drug-likeness (QED) is 0.845. The normalized spacial score (nSPS) is 17.6. The number of amides is 1. The van der Waals surface area contributed by atoms with E-state index in [2.05, 4.69) is 57.3 Å². The summed E-state index contributed by atoms with van der Waals surface area (Å²) in [5.41, 5.74) is 1.97. The first-order chi connectivity index (χ1) is 11.5. The van der Waals surface area contributed by atoms with Gasteiger partial charge in [-0.2, -0.15) is 0 Å². The summed E-state index contributed by atoms with van der Waals surface area (Å²) in [6.07, 6.45) is 3.51. The highest BCUT2D eigenvalue weighted by Gasteiger charge is 2.25. The number of hydrogen-bond donors (Lipinski definition) is 1. The van der Waals surface area contributed by atoms with E-state index in [1.54, 1.807) is 12.3 Å². The Balaban J connectivity index is 1.53. The second kappa shape index (κ2) is 7.53. The van der Waals surface area contributed by atoms with Crippen molar-refractivity contribution in [3.63, 3.8) is 0 Å². The van der Waals surface area contributed by atoms with Crippen molar-refractivity contribution in [2.24, 2.45) is 0 Å². The summed E-state index contributed by atoms with van der Waals surface area (Å²) in [7, 11) is 0. The predicted molar refractivity (Wildman–Crippen MR) is 98.1 cm³/mol. The lowest BCUT2D eigenvalue weighted by atomic mass is 10.00. The van der Waals surface area contributed by atoms with E-state index in [9.17, 15) is 4.79 Å². The first kappa shape index (κ1) is 17.2. The van der Waals surface area contributed by atoms with Crippen molar-refractivity contribution in [3.05, 3.63) is 58.0 Å². The van der Waals surface area contributed by atoms with Gasteiger partial charge in [-0.25, -0.2) is 0 Å². The summed E-state index contributed by atoms with van der Waals surface area (Å²) in [6, 6.07) is 10.9. The second-order valence-electron chi connectivity index (χ2n) is 6.40. The van der Waals surface area contributed by atoms with Gasteiger partial charge in [0.05, 0.1) is 11.8 Å². The van der Waals surface area contributed by atoms with Crippen LogP contribution in [-0.2, 0) is 0 Å². The first-order valence-electron chi connectivity index (χ1n) is 8.39. The Bertz CT molecular complexity index is 688. The smallest absolute Gasteiger partial charge is 0.255 e. The highest BCUT2D eigenvalue weighted by molar-refractivity contribution is 9.10. The van der Waals surface area contributed by atoms with Crippen LogP contribution in [0.4, 0.5) is 0 Å². The number of rotatable bonds is 4. The first-order valence-corrected chi connectivity index (χ1v) is 9.18. The standard InChI is InChI=1S/C19H23BrN2O2/c1-13(15-3-5-16(20)6-4-15)22-10-7-17(8-11-22)21-19(23)18-9-12-24-14(18)2/h3-6,9,12-13,17H,7-8,10-11H2,1-2H3,(H,21,23). The number of nitrogens with zero attached hydrogens (tertiary/aromatic N) is 1. The lowest BCUT2D eigenvalue weighted by Crippen LogP contribution is -2.45. The fourth-order valence-corrected chi connectivity index (χ4v) is 3.53. The minimum Gasteiger partial charge on any atom is -0.469 e. The van der Waals surface area contributed by atoms with Crippen molar-refractivity contribution in [1.82, 2.24) is 10.2 Å². The molecule has 1 aliphatic rings. The highest BCUT2D eigenvalue weighted by Crippen LogP contribution is 2.25. The summed E-state index contributed by atoms with van der Waals surface area (Å²) in [6.45, 7) is 6.05. The van der Waals surface area contributed by atoms with Crippen LogP contribution < -0.4 is 5.32 Å². The van der Waals surface area contributed by atoms with Crippen molar-refractivity contribution in [3.8, 4) is 0 Å². The predicted octanol–water partition coefficient (Wildman–Crippen LogP) is 4.31. The molecule has 2 aromatic rings. The molecule has 1 amide bonds. The Labute approximate surface area is 151 Å². The van der Waals surface area contributed by atoms with Crippen LogP contribution >= 0.6 is 15.9 Å². The summed E-state index contributed by atoms with van der Waals surface area (Å²) in [5.74, 6) is 0.648. The number of furan rings is 1. The molecule has 0 radical (unpaired) electrons. The lowest BCUT2D eigenvalue weighted by Gasteiger charge is -2.36. The van der Waals surface area contributed by atoms with Crippen LogP contribution in [0.5, 0.6) is 0 Å². The van der Waals surface area contributed by atoms with Crippen LogP contribution in [-0.4, -0.2) is 29.9 Å². The van der Waals surface area contributed by atoms with Crippen molar-refractivity contribution in [2.45, 2.75) is 38.8 Å². The Morgan fingerprint density at radius 3 is 2.50 bits per heavy atom. The number of halogens is 1. The average molecular weight is 391 g/mol. The molecule has 128 valence electrons. The van der Waals surface area contributed by atoms with E-state index < -0.39 is 0 Å². The van der Waals surface area contributed by atoms with Gasteiger partial charge in [-0.15, -0.1) is 0 Å². The molecule has 1 atom stereocenters. The number of carbonyl (C=O) groups is 1. The number of hydrogen-bond acceptors (Lipinski definition) is 3. The molecule has 0 saturated carbocycles. The maximum atomic E-state index is 12.3. The molecule has 1 saturated heterocycles. The average Bonchev–Trinajstić information content (AvgIpc) is 3.02. The third-order valence-corrected chi connectivity index (χ3v) is 5.40. The zero-order chi connectivity index (χ0) is 17.1. The van der Waals surface area contributed by atoms with Crippen molar-refractivity contribution in [2.75, 3.05) is 13.1 Å². The van der Waals surface area contributed by atoms with Gasteiger partial charge in [-0.05, 0) is 50.5 Å². The van der Waals surface area contributed by atoms with E-state index in [1.165, 1.54) is 5.56 Å². The van der Waals surface area contributed by atoms with Gasteiger partial charge < -0.3 is 9.73 Å². The molecule has 1 aromatic heterocycles. The van der Waals surface area contributed by atoms with Crippen LogP contribution in [0.2, 0.25) is 0 Å². The fraction of sp³-hybridized carbons (Fsp3) is 0.421. The van der Waals surface area contributed by atoms with Gasteiger partial charge in [-0.1, -0.05) is 28.1 Å². The Morgan fingerprint density at radius 1 is 1.25 bits per heavy atom. The van der Waals surface area contributed by atoms with Crippen LogP contribution in [0, 0.1) is 6.92 Å². The summed E-state index contributed by atoms with van der Waals surface area (Å²) < 4.78 is 6.31. The number of piperidine rings is 1. The number of aryl methyl sites for hydroxylation is 1. The number of benzene rings is 1. The van der Waals surface area contributed by atoms with E-state index in [1.807, 2.05) is 6.92 Å². The lowest BCUT2D eigenvalue weighted by molar-refractivity contribution is 0.0894. The fourth-order valence-electron chi connectivity index (χ4n) is 3.27. The van der Waals surface area contributed by atoms with E-state index in [0.29, 0.717) is 17.4 Å². The van der Waals surface area contributed by atoms with Crippen LogP contribution in [0.15, 0.2) is 45.5 Å². The van der Waals surface area contributed by atoms with Crippen LogP contribution in [0.1, 0.15) is 47.5 Å². The molecule has 0 spiro atoms. The molecule has 1 N–H and O–H groups in total. The molecule has 0 bridgehead atoms. The minimum atomic E-state index is -0.0272. The van der Waals surface area contributed by atoms with E-state index >= 15 is 0 Å². The summed E-state index contributed by atoms with van der Waals surface area (Å²) in [4.78, 5) is 14.8. The molecule has 5 heteroatoms. The van der Waals surface area contributed by atoms with Gasteiger partial charge in [0, 0.05) is 29.6 Å². The zero-order valence-corrected chi connectivity index (χ0v) is 15.7. The van der Waals surface area contributed by atoms with Crippen molar-refractivity contribution >= 4 is 21.8 Å². The van der Waals surface area contributed by atoms with Gasteiger partial charge >= 0.3 is 0 Å². The van der Waals surface area contributed by atoms with Gasteiger partial charge in [0.15, 0.2) is 0 Å². The number of likely N-dealkylation sites (tertiary alicyclic amines) is 1. The largest absolute Gasteiger partial charge is 0.469 e. The second-order valence-corrected chi connectivity index (χ2v) is 7.32. The molecule has 2 heterocycles. The Morgan fingerprint density at radius 2 is 1.92 bits per heavy atom. The van der Waals surface area contributed by atoms with Gasteiger partial charge in [0.1, 0.15) is 5.76 Å². The number of nitrogens with one attached hydrogen (secondary N) is 1. The maximum Gasteiger partial charge on any atom is 0.255 e. The van der Waals surface area contributed by atoms with E-state index in [4.69, 9.17) is 4.42 Å². The van der Waals surface area contributed by atoms with Crippen molar-refractivity contribution in [1.29, 1.82) is 0 Å². The molecule has 1 unspecified atom stereocenters.